The van der Waals surface area contributed by atoms with Gasteiger partial charge in [-0.05, 0) is 39.0 Å². The number of hydrogen-bond acceptors (Lipinski definition) is 4. The van der Waals surface area contributed by atoms with Gasteiger partial charge in [-0.25, -0.2) is 8.42 Å². The maximum atomic E-state index is 13.0. The zero-order valence-electron chi connectivity index (χ0n) is 16.8. The molecule has 26 heavy (non-hydrogen) atoms. The fourth-order valence-electron chi connectivity index (χ4n) is 4.14. The summed E-state index contributed by atoms with van der Waals surface area (Å²) in [5, 5.41) is 0. The predicted molar refractivity (Wildman–Crippen MR) is 106 cm³/mol. The maximum absolute atomic E-state index is 13.0. The molecule has 0 bridgehead atoms. The van der Waals surface area contributed by atoms with Crippen LogP contribution in [0.25, 0.3) is 0 Å². The van der Waals surface area contributed by atoms with Gasteiger partial charge in [-0.3, -0.25) is 9.69 Å². The lowest BCUT2D eigenvalue weighted by Crippen LogP contribution is -2.57. The first-order valence-corrected chi connectivity index (χ1v) is 12.0. The maximum Gasteiger partial charge on any atom is 0.239 e. The van der Waals surface area contributed by atoms with E-state index in [1.165, 1.54) is 6.42 Å². The van der Waals surface area contributed by atoms with Crippen molar-refractivity contribution in [1.82, 2.24) is 14.1 Å². The molecule has 6 nitrogen and oxygen atoms in total. The van der Waals surface area contributed by atoms with Gasteiger partial charge >= 0.3 is 0 Å². The van der Waals surface area contributed by atoms with Gasteiger partial charge in [-0.15, -0.1) is 0 Å². The molecule has 152 valence electrons. The minimum Gasteiger partial charge on any atom is -0.338 e. The van der Waals surface area contributed by atoms with Crippen LogP contribution in [0, 0.1) is 0 Å². The highest BCUT2D eigenvalue weighted by molar-refractivity contribution is 7.89. The molecule has 0 aromatic rings. The fraction of sp³-hybridized carbons (Fsp3) is 0.947. The molecule has 2 aliphatic heterocycles. The Morgan fingerprint density at radius 3 is 2.35 bits per heavy atom. The second kappa shape index (κ2) is 10.0. The van der Waals surface area contributed by atoms with Gasteiger partial charge in [0.25, 0.3) is 0 Å². The standard InChI is InChI=1S/C19H37N3O3S/c1-4-6-9-16-26(24,25)21-14-12-20(13-15-21)17(3)19(23)22-11-8-7-10-18(22)5-2/h17-18H,4-16H2,1-3H3. The Labute approximate surface area is 159 Å². The van der Waals surface area contributed by atoms with E-state index in [0.29, 0.717) is 32.2 Å². The molecule has 2 rings (SSSR count). The molecule has 1 amide bonds. The molecule has 7 heteroatoms. The number of unbranched alkanes of at least 4 members (excludes halogenated alkanes) is 2. The van der Waals surface area contributed by atoms with Crippen LogP contribution in [0.4, 0.5) is 0 Å². The summed E-state index contributed by atoms with van der Waals surface area (Å²) in [7, 11) is -3.15. The summed E-state index contributed by atoms with van der Waals surface area (Å²) < 4.78 is 26.5. The van der Waals surface area contributed by atoms with Crippen LogP contribution in [0.2, 0.25) is 0 Å². The van der Waals surface area contributed by atoms with Crippen molar-refractivity contribution in [3.8, 4) is 0 Å². The summed E-state index contributed by atoms with van der Waals surface area (Å²) in [6, 6.07) is 0.214. The van der Waals surface area contributed by atoms with Crippen LogP contribution in [0.5, 0.6) is 0 Å². The highest BCUT2D eigenvalue weighted by atomic mass is 32.2. The SMILES string of the molecule is CCCCCS(=O)(=O)N1CCN(C(C)C(=O)N2CCCCC2CC)CC1. The molecule has 0 radical (unpaired) electrons. The van der Waals surface area contributed by atoms with Crippen LogP contribution < -0.4 is 0 Å². The number of sulfonamides is 1. The highest BCUT2D eigenvalue weighted by Crippen LogP contribution is 2.22. The zero-order chi connectivity index (χ0) is 19.2. The third-order valence-electron chi connectivity index (χ3n) is 5.96. The van der Waals surface area contributed by atoms with Gasteiger partial charge in [-0.2, -0.15) is 4.31 Å². The summed E-state index contributed by atoms with van der Waals surface area (Å²) in [5.74, 6) is 0.470. The molecule has 2 heterocycles. The average Bonchev–Trinajstić information content (AvgIpc) is 2.67. The van der Waals surface area contributed by atoms with Gasteiger partial charge in [-0.1, -0.05) is 26.7 Å². The van der Waals surface area contributed by atoms with Crippen LogP contribution in [-0.4, -0.2) is 79.0 Å². The smallest absolute Gasteiger partial charge is 0.239 e. The van der Waals surface area contributed by atoms with Crippen molar-refractivity contribution < 1.29 is 13.2 Å². The molecule has 0 saturated carbocycles. The minimum absolute atomic E-state index is 0.160. The number of nitrogens with zero attached hydrogens (tertiary/aromatic N) is 3. The summed E-state index contributed by atoms with van der Waals surface area (Å²) in [6.45, 7) is 9.38. The Kier molecular flexibility index (Phi) is 8.36. The molecular weight excluding hydrogens is 350 g/mol. The van der Waals surface area contributed by atoms with Crippen molar-refractivity contribution in [2.24, 2.45) is 0 Å². The molecule has 0 N–H and O–H groups in total. The van der Waals surface area contributed by atoms with Gasteiger partial charge in [0.2, 0.25) is 15.9 Å². The van der Waals surface area contributed by atoms with Crippen LogP contribution in [0.15, 0.2) is 0 Å². The lowest BCUT2D eigenvalue weighted by Gasteiger charge is -2.41. The van der Waals surface area contributed by atoms with Crippen LogP contribution in [-0.2, 0) is 14.8 Å². The molecule has 2 saturated heterocycles. The van der Waals surface area contributed by atoms with Crippen molar-refractivity contribution in [2.75, 3.05) is 38.5 Å². The third-order valence-corrected chi connectivity index (χ3v) is 7.92. The van der Waals surface area contributed by atoms with Crippen LogP contribution >= 0.6 is 0 Å². The molecule has 0 spiro atoms. The van der Waals surface area contributed by atoms with Crippen molar-refractivity contribution >= 4 is 15.9 Å². The Balaban J connectivity index is 1.87. The van der Waals surface area contributed by atoms with E-state index in [2.05, 4.69) is 23.6 Å². The number of piperazine rings is 1. The number of rotatable bonds is 8. The molecule has 0 aliphatic carbocycles. The largest absolute Gasteiger partial charge is 0.338 e. The number of amides is 1. The van der Waals surface area contributed by atoms with E-state index in [1.807, 2.05) is 6.92 Å². The van der Waals surface area contributed by atoms with Gasteiger partial charge < -0.3 is 4.90 Å². The van der Waals surface area contributed by atoms with Crippen molar-refractivity contribution in [3.63, 3.8) is 0 Å². The molecule has 2 atom stereocenters. The van der Waals surface area contributed by atoms with E-state index in [-0.39, 0.29) is 17.7 Å². The lowest BCUT2D eigenvalue weighted by atomic mass is 9.99. The van der Waals surface area contributed by atoms with Crippen molar-refractivity contribution in [3.05, 3.63) is 0 Å². The van der Waals surface area contributed by atoms with Gasteiger partial charge in [0.05, 0.1) is 11.8 Å². The van der Waals surface area contributed by atoms with Gasteiger partial charge in [0, 0.05) is 38.8 Å². The number of carbonyl (C=O) groups excluding carboxylic acids is 1. The first-order valence-electron chi connectivity index (χ1n) is 10.4. The molecule has 2 unspecified atom stereocenters. The quantitative estimate of drug-likeness (QED) is 0.600. The van der Waals surface area contributed by atoms with E-state index >= 15 is 0 Å². The first-order chi connectivity index (χ1) is 12.4. The summed E-state index contributed by atoms with van der Waals surface area (Å²) in [4.78, 5) is 17.2. The van der Waals surface area contributed by atoms with Crippen molar-refractivity contribution in [2.45, 2.75) is 77.8 Å². The molecule has 0 aromatic carbocycles. The Hall–Kier alpha value is -0.660. The number of carbonyl (C=O) groups is 1. The average molecular weight is 388 g/mol. The van der Waals surface area contributed by atoms with E-state index in [0.717, 1.165) is 45.1 Å². The number of hydrogen-bond donors (Lipinski definition) is 0. The summed E-state index contributed by atoms with van der Waals surface area (Å²) >= 11 is 0. The van der Waals surface area contributed by atoms with E-state index < -0.39 is 10.0 Å². The normalized spacial score (nSPS) is 24.6. The summed E-state index contributed by atoms with van der Waals surface area (Å²) in [6.07, 6.45) is 7.16. The van der Waals surface area contributed by atoms with E-state index in [4.69, 9.17) is 0 Å². The van der Waals surface area contributed by atoms with E-state index in [9.17, 15) is 13.2 Å². The number of likely N-dealkylation sites (tertiary alicyclic amines) is 1. The third kappa shape index (κ3) is 5.42. The molecule has 2 aliphatic rings. The Bertz CT molecular complexity index is 544. The molecular formula is C19H37N3O3S. The van der Waals surface area contributed by atoms with E-state index in [1.54, 1.807) is 4.31 Å². The fourth-order valence-corrected chi connectivity index (χ4v) is 5.69. The van der Waals surface area contributed by atoms with Gasteiger partial charge in [0.1, 0.15) is 0 Å². The van der Waals surface area contributed by atoms with Crippen LogP contribution in [0.1, 0.15) is 65.7 Å². The van der Waals surface area contributed by atoms with Crippen molar-refractivity contribution in [1.29, 1.82) is 0 Å². The summed E-state index contributed by atoms with van der Waals surface area (Å²) in [5.41, 5.74) is 0. The Morgan fingerprint density at radius 2 is 1.73 bits per heavy atom. The van der Waals surface area contributed by atoms with Crippen LogP contribution in [0.3, 0.4) is 0 Å². The first kappa shape index (κ1) is 21.6. The lowest BCUT2D eigenvalue weighted by molar-refractivity contribution is -0.140. The second-order valence-electron chi connectivity index (χ2n) is 7.72. The second-order valence-corrected chi connectivity index (χ2v) is 9.81. The molecule has 0 aromatic heterocycles. The zero-order valence-corrected chi connectivity index (χ0v) is 17.6. The van der Waals surface area contributed by atoms with Gasteiger partial charge in [0.15, 0.2) is 0 Å². The molecule has 2 fully saturated rings. The predicted octanol–water partition coefficient (Wildman–Crippen LogP) is 2.30. The topological polar surface area (TPSA) is 60.9 Å². The highest BCUT2D eigenvalue weighted by Gasteiger charge is 2.34. The monoisotopic (exact) mass is 387 g/mol. The minimum atomic E-state index is -3.15. The number of piperidine rings is 1. The Morgan fingerprint density at radius 1 is 1.04 bits per heavy atom.